The molecule has 0 bridgehead atoms. The van der Waals surface area contributed by atoms with Crippen LogP contribution in [0.4, 0.5) is 5.69 Å². The third-order valence-corrected chi connectivity index (χ3v) is 5.45. The van der Waals surface area contributed by atoms with Crippen LogP contribution in [0.3, 0.4) is 0 Å². The van der Waals surface area contributed by atoms with E-state index in [-0.39, 0.29) is 17.7 Å². The van der Waals surface area contributed by atoms with Crippen molar-refractivity contribution in [3.8, 4) is 11.8 Å². The average molecular weight is 481 g/mol. The fourth-order valence-corrected chi connectivity index (χ4v) is 3.29. The largest absolute Gasteiger partial charge is 0.487 e. The normalized spacial score (nSPS) is 10.9. The van der Waals surface area contributed by atoms with E-state index < -0.39 is 11.9 Å². The van der Waals surface area contributed by atoms with Gasteiger partial charge in [0.1, 0.15) is 24.0 Å². The van der Waals surface area contributed by atoms with Crippen LogP contribution in [0.2, 0.25) is 10.0 Å². The fourth-order valence-electron chi connectivity index (χ4n) is 2.88. The van der Waals surface area contributed by atoms with Gasteiger partial charge in [-0.1, -0.05) is 47.5 Å². The van der Waals surface area contributed by atoms with Crippen molar-refractivity contribution in [2.45, 2.75) is 13.5 Å². The number of nitrogens with zero attached hydrogens (tertiary/aromatic N) is 1. The van der Waals surface area contributed by atoms with Crippen LogP contribution in [-0.4, -0.2) is 17.0 Å². The van der Waals surface area contributed by atoms with Crippen molar-refractivity contribution in [2.24, 2.45) is 0 Å². The van der Waals surface area contributed by atoms with Gasteiger partial charge >= 0.3 is 5.97 Å². The summed E-state index contributed by atoms with van der Waals surface area (Å²) in [6.07, 6.45) is 1.43. The quantitative estimate of drug-likeness (QED) is 0.313. The van der Waals surface area contributed by atoms with Gasteiger partial charge in [0.2, 0.25) is 0 Å². The van der Waals surface area contributed by atoms with Gasteiger partial charge in [-0.2, -0.15) is 5.26 Å². The van der Waals surface area contributed by atoms with Gasteiger partial charge in [-0.05, 0) is 66.1 Å². The number of hydrogen-bond acceptors (Lipinski definition) is 4. The molecular weight excluding hydrogens is 463 g/mol. The third kappa shape index (κ3) is 6.13. The SMILES string of the molecule is Cc1c(Cl)cccc1NC(=O)/C(C#N)=C/c1ccc(OCc2ccc(C(=O)O)cc2)c(Cl)c1. The Balaban J connectivity index is 1.70. The lowest BCUT2D eigenvalue weighted by molar-refractivity contribution is -0.112. The first-order valence-corrected chi connectivity index (χ1v) is 10.5. The first-order valence-electron chi connectivity index (χ1n) is 9.71. The Morgan fingerprint density at radius 1 is 1.09 bits per heavy atom. The van der Waals surface area contributed by atoms with Gasteiger partial charge in [-0.3, -0.25) is 4.79 Å². The Bertz CT molecular complexity index is 1280. The first-order chi connectivity index (χ1) is 15.8. The number of nitriles is 1. The van der Waals surface area contributed by atoms with Gasteiger partial charge in [0.05, 0.1) is 10.6 Å². The Morgan fingerprint density at radius 3 is 2.45 bits per heavy atom. The number of carboxylic acids is 1. The molecule has 0 saturated carbocycles. The van der Waals surface area contributed by atoms with Crippen LogP contribution in [0.1, 0.15) is 27.0 Å². The molecule has 6 nitrogen and oxygen atoms in total. The van der Waals surface area contributed by atoms with E-state index in [1.54, 1.807) is 55.5 Å². The number of aromatic carboxylic acids is 1. The van der Waals surface area contributed by atoms with Gasteiger partial charge in [0.25, 0.3) is 5.91 Å². The number of ether oxygens (including phenoxy) is 1. The lowest BCUT2D eigenvalue weighted by Gasteiger charge is -2.10. The average Bonchev–Trinajstić information content (AvgIpc) is 2.80. The highest BCUT2D eigenvalue weighted by Crippen LogP contribution is 2.28. The van der Waals surface area contributed by atoms with Crippen molar-refractivity contribution in [1.82, 2.24) is 0 Å². The van der Waals surface area contributed by atoms with Gasteiger partial charge in [-0.25, -0.2) is 4.79 Å². The zero-order valence-electron chi connectivity index (χ0n) is 17.4. The van der Waals surface area contributed by atoms with Crippen LogP contribution in [0, 0.1) is 18.3 Å². The van der Waals surface area contributed by atoms with Crippen molar-refractivity contribution in [2.75, 3.05) is 5.32 Å². The summed E-state index contributed by atoms with van der Waals surface area (Å²) in [4.78, 5) is 23.5. The summed E-state index contributed by atoms with van der Waals surface area (Å²) in [5.41, 5.74) is 2.64. The van der Waals surface area contributed by atoms with Crippen LogP contribution in [0.5, 0.6) is 5.75 Å². The number of rotatable bonds is 7. The third-order valence-electron chi connectivity index (χ3n) is 4.74. The minimum atomic E-state index is -0.998. The second-order valence-electron chi connectivity index (χ2n) is 7.02. The smallest absolute Gasteiger partial charge is 0.335 e. The minimum absolute atomic E-state index is 0.0994. The fraction of sp³-hybridized carbons (Fsp3) is 0.0800. The number of anilines is 1. The highest BCUT2D eigenvalue weighted by molar-refractivity contribution is 6.32. The monoisotopic (exact) mass is 480 g/mol. The van der Waals surface area contributed by atoms with E-state index in [0.717, 1.165) is 5.56 Å². The van der Waals surface area contributed by atoms with Crippen molar-refractivity contribution < 1.29 is 19.4 Å². The molecule has 0 spiro atoms. The summed E-state index contributed by atoms with van der Waals surface area (Å²) in [6, 6.07) is 18.2. The second kappa shape index (κ2) is 10.7. The van der Waals surface area contributed by atoms with Gasteiger partial charge in [-0.15, -0.1) is 0 Å². The molecule has 0 aliphatic carbocycles. The lowest BCUT2D eigenvalue weighted by atomic mass is 10.1. The molecule has 0 aliphatic rings. The minimum Gasteiger partial charge on any atom is -0.487 e. The number of carbonyl (C=O) groups is 2. The first kappa shape index (κ1) is 23.9. The molecular formula is C25H18Cl2N2O4. The molecule has 0 radical (unpaired) electrons. The van der Waals surface area contributed by atoms with Gasteiger partial charge in [0.15, 0.2) is 0 Å². The molecule has 0 aliphatic heterocycles. The second-order valence-corrected chi connectivity index (χ2v) is 7.83. The van der Waals surface area contributed by atoms with E-state index >= 15 is 0 Å². The van der Waals surface area contributed by atoms with Crippen molar-refractivity contribution >= 4 is 46.8 Å². The molecule has 0 aromatic heterocycles. The Labute approximate surface area is 200 Å². The molecule has 8 heteroatoms. The zero-order valence-corrected chi connectivity index (χ0v) is 18.9. The summed E-state index contributed by atoms with van der Waals surface area (Å²) in [5.74, 6) is -1.15. The number of amides is 1. The maximum Gasteiger partial charge on any atom is 0.335 e. The topological polar surface area (TPSA) is 99.4 Å². The molecule has 0 fully saturated rings. The zero-order chi connectivity index (χ0) is 24.0. The molecule has 166 valence electrons. The van der Waals surface area contributed by atoms with E-state index in [9.17, 15) is 14.9 Å². The molecule has 3 aromatic carbocycles. The van der Waals surface area contributed by atoms with Crippen LogP contribution in [0.25, 0.3) is 6.08 Å². The number of nitrogens with one attached hydrogen (secondary N) is 1. The van der Waals surface area contributed by atoms with Crippen molar-refractivity contribution in [3.05, 3.63) is 98.5 Å². The van der Waals surface area contributed by atoms with Crippen molar-refractivity contribution in [3.63, 3.8) is 0 Å². The molecule has 2 N–H and O–H groups in total. The van der Waals surface area contributed by atoms with E-state index in [1.807, 2.05) is 6.07 Å². The standard InChI is InChI=1S/C25H18Cl2N2O4/c1-15-20(26)3-2-4-22(15)29-24(30)19(13-28)11-17-7-10-23(21(27)12-17)33-14-16-5-8-18(9-6-16)25(31)32/h2-12H,14H2,1H3,(H,29,30)(H,31,32)/b19-11+. The lowest BCUT2D eigenvalue weighted by Crippen LogP contribution is -2.14. The molecule has 3 rings (SSSR count). The summed E-state index contributed by atoms with van der Waals surface area (Å²) in [5, 5.41) is 21.9. The van der Waals surface area contributed by atoms with Crippen LogP contribution in [-0.2, 0) is 11.4 Å². The number of benzene rings is 3. The molecule has 33 heavy (non-hydrogen) atoms. The predicted octanol–water partition coefficient (Wildman–Crippen LogP) is 6.12. The van der Waals surface area contributed by atoms with Crippen molar-refractivity contribution in [1.29, 1.82) is 5.26 Å². The highest BCUT2D eigenvalue weighted by atomic mass is 35.5. The van der Waals surface area contributed by atoms with E-state index in [0.29, 0.717) is 32.6 Å². The van der Waals surface area contributed by atoms with Gasteiger partial charge in [0, 0.05) is 10.7 Å². The number of halogens is 2. The summed E-state index contributed by atoms with van der Waals surface area (Å²) >= 11 is 12.4. The van der Waals surface area contributed by atoms with Gasteiger partial charge < -0.3 is 15.2 Å². The van der Waals surface area contributed by atoms with Crippen LogP contribution in [0.15, 0.2) is 66.2 Å². The van der Waals surface area contributed by atoms with E-state index in [4.69, 9.17) is 33.0 Å². The summed E-state index contributed by atoms with van der Waals surface area (Å²) < 4.78 is 5.70. The molecule has 3 aromatic rings. The van der Waals surface area contributed by atoms with E-state index in [2.05, 4.69) is 5.32 Å². The van der Waals surface area contributed by atoms with Crippen LogP contribution < -0.4 is 10.1 Å². The predicted molar refractivity (Wildman–Crippen MR) is 128 cm³/mol. The number of carbonyl (C=O) groups excluding carboxylic acids is 1. The molecule has 0 atom stereocenters. The Morgan fingerprint density at radius 2 is 1.82 bits per heavy atom. The Kier molecular flexibility index (Phi) is 7.73. The molecule has 0 heterocycles. The summed E-state index contributed by atoms with van der Waals surface area (Å²) in [6.45, 7) is 1.96. The maximum atomic E-state index is 12.5. The molecule has 0 unspecified atom stereocenters. The maximum absolute atomic E-state index is 12.5. The highest BCUT2D eigenvalue weighted by Gasteiger charge is 2.13. The number of carboxylic acid groups (broad SMARTS) is 1. The van der Waals surface area contributed by atoms with Crippen LogP contribution >= 0.6 is 23.2 Å². The Hall–Kier alpha value is -3.79. The molecule has 1 amide bonds. The number of hydrogen-bond donors (Lipinski definition) is 2. The molecule has 0 saturated heterocycles. The van der Waals surface area contributed by atoms with E-state index in [1.165, 1.54) is 18.2 Å². The summed E-state index contributed by atoms with van der Waals surface area (Å²) in [7, 11) is 0.